The normalized spacial score (nSPS) is 12.2. The van der Waals surface area contributed by atoms with Gasteiger partial charge in [-0.2, -0.15) is 5.26 Å². The topological polar surface area (TPSA) is 82.0 Å². The Morgan fingerprint density at radius 2 is 2.00 bits per heavy atom. The van der Waals surface area contributed by atoms with Crippen LogP contribution in [0.4, 0.5) is 4.39 Å². The lowest BCUT2D eigenvalue weighted by Gasteiger charge is -2.25. The maximum Gasteiger partial charge on any atom is 0.209 e. The van der Waals surface area contributed by atoms with E-state index in [1.54, 1.807) is 19.9 Å². The zero-order chi connectivity index (χ0) is 15.4. The molecule has 0 aliphatic heterocycles. The fraction of sp³-hybridized carbons (Fsp3) is 0.462. The molecule has 5 nitrogen and oxygen atoms in total. The lowest BCUT2D eigenvalue weighted by Crippen LogP contribution is -2.49. The zero-order valence-electron chi connectivity index (χ0n) is 11.7. The molecule has 0 heterocycles. The third-order valence-electron chi connectivity index (χ3n) is 2.44. The molecule has 2 N–H and O–H groups in total. The van der Waals surface area contributed by atoms with Crippen molar-refractivity contribution in [2.45, 2.75) is 25.9 Å². The van der Waals surface area contributed by atoms with Gasteiger partial charge in [-0.05, 0) is 37.6 Å². The highest BCUT2D eigenvalue weighted by atomic mass is 32.2. The van der Waals surface area contributed by atoms with Crippen LogP contribution in [0, 0.1) is 17.1 Å². The van der Waals surface area contributed by atoms with Gasteiger partial charge in [-0.3, -0.25) is 0 Å². The Labute approximate surface area is 118 Å². The molecule has 0 saturated heterocycles. The van der Waals surface area contributed by atoms with E-state index in [4.69, 9.17) is 5.26 Å². The van der Waals surface area contributed by atoms with E-state index in [0.29, 0.717) is 18.7 Å². The molecule has 1 aromatic carbocycles. The molecule has 1 rings (SSSR count). The molecule has 0 radical (unpaired) electrons. The van der Waals surface area contributed by atoms with Crippen molar-refractivity contribution in [2.24, 2.45) is 0 Å². The van der Waals surface area contributed by atoms with Crippen molar-refractivity contribution >= 4 is 10.0 Å². The third kappa shape index (κ3) is 6.10. The van der Waals surface area contributed by atoms with Crippen molar-refractivity contribution in [3.8, 4) is 6.07 Å². The molecule has 0 atom stereocenters. The maximum atomic E-state index is 13.2. The van der Waals surface area contributed by atoms with Crippen molar-refractivity contribution < 1.29 is 12.8 Å². The molecule has 0 spiro atoms. The maximum absolute atomic E-state index is 13.2. The quantitative estimate of drug-likeness (QED) is 0.824. The summed E-state index contributed by atoms with van der Waals surface area (Å²) in [6.07, 6.45) is 1.10. The number of nitriles is 1. The van der Waals surface area contributed by atoms with Crippen LogP contribution in [0.5, 0.6) is 0 Å². The molecule has 7 heteroatoms. The number of halogens is 1. The molecular formula is C13H18FN3O2S. The fourth-order valence-corrected chi connectivity index (χ4v) is 2.95. The highest BCUT2D eigenvalue weighted by Crippen LogP contribution is 2.09. The number of nitrogens with one attached hydrogen (secondary N) is 2. The molecule has 0 aromatic heterocycles. The highest BCUT2D eigenvalue weighted by Gasteiger charge is 2.21. The lowest BCUT2D eigenvalue weighted by atomic mass is 10.1. The first-order valence-electron chi connectivity index (χ1n) is 6.00. The molecule has 20 heavy (non-hydrogen) atoms. The standard InChI is InChI=1S/C13H18FN3O2S/c1-13(2,17-20(3,18)19)9-16-8-11-4-10(7-15)5-12(14)6-11/h4-6,16-17H,8-9H2,1-3H3. The molecule has 0 aliphatic rings. The van der Waals surface area contributed by atoms with Crippen molar-refractivity contribution in [2.75, 3.05) is 12.8 Å². The van der Waals surface area contributed by atoms with Gasteiger partial charge in [0.25, 0.3) is 0 Å². The van der Waals surface area contributed by atoms with Crippen LogP contribution in [0.25, 0.3) is 0 Å². The summed E-state index contributed by atoms with van der Waals surface area (Å²) in [5.41, 5.74) is 0.242. The van der Waals surface area contributed by atoms with Crippen LogP contribution >= 0.6 is 0 Å². The van der Waals surface area contributed by atoms with E-state index >= 15 is 0 Å². The molecular weight excluding hydrogens is 281 g/mol. The van der Waals surface area contributed by atoms with E-state index in [0.717, 1.165) is 6.26 Å². The molecule has 1 aromatic rings. The molecule has 0 aliphatic carbocycles. The summed E-state index contributed by atoms with van der Waals surface area (Å²) in [6, 6.07) is 5.98. The predicted molar refractivity (Wildman–Crippen MR) is 74.9 cm³/mol. The Kier molecular flexibility index (Phi) is 5.22. The Morgan fingerprint density at radius 1 is 1.35 bits per heavy atom. The highest BCUT2D eigenvalue weighted by molar-refractivity contribution is 7.88. The van der Waals surface area contributed by atoms with E-state index < -0.39 is 21.4 Å². The minimum absolute atomic E-state index is 0.260. The van der Waals surface area contributed by atoms with Crippen LogP contribution in [0.2, 0.25) is 0 Å². The van der Waals surface area contributed by atoms with Crippen molar-refractivity contribution in [1.29, 1.82) is 5.26 Å². The molecule has 0 unspecified atom stereocenters. The average Bonchev–Trinajstić information content (AvgIpc) is 2.24. The first-order valence-corrected chi connectivity index (χ1v) is 7.90. The lowest BCUT2D eigenvalue weighted by molar-refractivity contribution is 0.421. The Morgan fingerprint density at radius 3 is 2.55 bits per heavy atom. The Bertz CT molecular complexity index is 621. The smallest absolute Gasteiger partial charge is 0.209 e. The predicted octanol–water partition coefficient (Wildman–Crippen LogP) is 1.11. The Balaban J connectivity index is 2.61. The van der Waals surface area contributed by atoms with Gasteiger partial charge in [-0.1, -0.05) is 0 Å². The summed E-state index contributed by atoms with van der Waals surface area (Å²) < 4.78 is 38.1. The summed E-state index contributed by atoms with van der Waals surface area (Å²) in [4.78, 5) is 0. The van der Waals surface area contributed by atoms with Gasteiger partial charge in [0, 0.05) is 18.6 Å². The number of nitrogens with zero attached hydrogens (tertiary/aromatic N) is 1. The van der Waals surface area contributed by atoms with Gasteiger partial charge in [-0.15, -0.1) is 0 Å². The van der Waals surface area contributed by atoms with E-state index in [2.05, 4.69) is 10.0 Å². The van der Waals surface area contributed by atoms with Gasteiger partial charge < -0.3 is 5.32 Å². The minimum atomic E-state index is -3.29. The van der Waals surface area contributed by atoms with E-state index in [-0.39, 0.29) is 5.56 Å². The molecule has 0 amide bonds. The monoisotopic (exact) mass is 299 g/mol. The van der Waals surface area contributed by atoms with Gasteiger partial charge in [0.1, 0.15) is 5.82 Å². The Hall–Kier alpha value is -1.49. The van der Waals surface area contributed by atoms with Crippen molar-refractivity contribution in [1.82, 2.24) is 10.0 Å². The van der Waals surface area contributed by atoms with E-state index in [1.165, 1.54) is 12.1 Å². The first-order chi connectivity index (χ1) is 9.11. The molecule has 0 bridgehead atoms. The summed E-state index contributed by atoms with van der Waals surface area (Å²) in [6.45, 7) is 4.21. The number of hydrogen-bond donors (Lipinski definition) is 2. The summed E-state index contributed by atoms with van der Waals surface area (Å²) in [5, 5.41) is 11.8. The van der Waals surface area contributed by atoms with Crippen LogP contribution < -0.4 is 10.0 Å². The van der Waals surface area contributed by atoms with Crippen LogP contribution in [-0.2, 0) is 16.6 Å². The number of sulfonamides is 1. The van der Waals surface area contributed by atoms with Crippen LogP contribution in [0.1, 0.15) is 25.0 Å². The van der Waals surface area contributed by atoms with Gasteiger partial charge in [-0.25, -0.2) is 17.5 Å². The van der Waals surface area contributed by atoms with E-state index in [1.807, 2.05) is 6.07 Å². The van der Waals surface area contributed by atoms with Gasteiger partial charge in [0.05, 0.1) is 17.9 Å². The first kappa shape index (κ1) is 16.6. The molecule has 0 saturated carbocycles. The van der Waals surface area contributed by atoms with Crippen molar-refractivity contribution in [3.05, 3.63) is 35.1 Å². The largest absolute Gasteiger partial charge is 0.311 e. The second kappa shape index (κ2) is 6.31. The van der Waals surface area contributed by atoms with E-state index in [9.17, 15) is 12.8 Å². The van der Waals surface area contributed by atoms with Crippen molar-refractivity contribution in [3.63, 3.8) is 0 Å². The van der Waals surface area contributed by atoms with Gasteiger partial charge >= 0.3 is 0 Å². The zero-order valence-corrected chi connectivity index (χ0v) is 12.5. The molecule has 110 valence electrons. The summed E-state index contributed by atoms with van der Waals surface area (Å²) in [5.74, 6) is -0.464. The molecule has 0 fully saturated rings. The van der Waals surface area contributed by atoms with Crippen LogP contribution in [-0.4, -0.2) is 26.8 Å². The fourth-order valence-electron chi connectivity index (χ4n) is 1.87. The van der Waals surface area contributed by atoms with Gasteiger partial charge in [0.15, 0.2) is 0 Å². The summed E-state index contributed by atoms with van der Waals surface area (Å²) in [7, 11) is -3.29. The van der Waals surface area contributed by atoms with Gasteiger partial charge in [0.2, 0.25) is 10.0 Å². The summed E-state index contributed by atoms with van der Waals surface area (Å²) >= 11 is 0. The third-order valence-corrected chi connectivity index (χ3v) is 3.37. The number of benzene rings is 1. The van der Waals surface area contributed by atoms with Crippen LogP contribution in [0.15, 0.2) is 18.2 Å². The number of rotatable bonds is 6. The number of hydrogen-bond acceptors (Lipinski definition) is 4. The SMILES string of the molecule is CC(C)(CNCc1cc(F)cc(C#N)c1)NS(C)(=O)=O. The second-order valence-corrected chi connectivity index (χ2v) is 7.07. The van der Waals surface area contributed by atoms with Crippen LogP contribution in [0.3, 0.4) is 0 Å². The average molecular weight is 299 g/mol. The minimum Gasteiger partial charge on any atom is -0.311 e. The second-order valence-electron chi connectivity index (χ2n) is 5.32.